The summed E-state index contributed by atoms with van der Waals surface area (Å²) in [6.07, 6.45) is 5.56. The van der Waals surface area contributed by atoms with Gasteiger partial charge < -0.3 is 4.74 Å². The highest BCUT2D eigenvalue weighted by Gasteiger charge is 2.29. The van der Waals surface area contributed by atoms with E-state index in [2.05, 4.69) is 56.3 Å². The minimum atomic E-state index is 0.384. The Morgan fingerprint density at radius 3 is 2.55 bits per heavy atom. The van der Waals surface area contributed by atoms with Crippen LogP contribution in [0.4, 0.5) is 0 Å². The molecule has 1 nitrogen and oxygen atoms in total. The molecule has 0 aliphatic heterocycles. The normalized spacial score (nSPS) is 23.1. The Morgan fingerprint density at radius 1 is 0.950 bits per heavy atom. The Bertz CT molecular complexity index is 567. The Hall–Kier alpha value is -1.50. The second-order valence-corrected chi connectivity index (χ2v) is 6.33. The van der Waals surface area contributed by atoms with Crippen LogP contribution >= 0.6 is 0 Å². The third kappa shape index (κ3) is 2.67. The standard InChI is InChI=1S/C19H24O/c1-14(2)16-10-5-6-12-18(16)20-19-13-7-9-15-8-3-4-11-17(15)19/h3-4,7-9,11,13-14,16,18H,5-6,10,12H2,1-2H3/t16-,18+/m0/s1. The first-order valence-corrected chi connectivity index (χ1v) is 7.90. The zero-order chi connectivity index (χ0) is 13.9. The molecule has 0 N–H and O–H groups in total. The molecule has 0 unspecified atom stereocenters. The molecule has 1 aliphatic rings. The van der Waals surface area contributed by atoms with Crippen molar-refractivity contribution in [1.29, 1.82) is 0 Å². The highest BCUT2D eigenvalue weighted by molar-refractivity contribution is 5.88. The molecule has 20 heavy (non-hydrogen) atoms. The lowest BCUT2D eigenvalue weighted by Crippen LogP contribution is -2.33. The van der Waals surface area contributed by atoms with Crippen molar-refractivity contribution in [3.05, 3.63) is 42.5 Å². The minimum absolute atomic E-state index is 0.384. The van der Waals surface area contributed by atoms with Crippen molar-refractivity contribution < 1.29 is 4.74 Å². The second-order valence-electron chi connectivity index (χ2n) is 6.33. The fourth-order valence-corrected chi connectivity index (χ4v) is 3.50. The maximum absolute atomic E-state index is 6.44. The van der Waals surface area contributed by atoms with Crippen LogP contribution in [0.15, 0.2) is 42.5 Å². The first-order chi connectivity index (χ1) is 9.75. The van der Waals surface area contributed by atoms with Crippen molar-refractivity contribution in [2.75, 3.05) is 0 Å². The number of rotatable bonds is 3. The molecule has 1 aliphatic carbocycles. The zero-order valence-electron chi connectivity index (χ0n) is 12.5. The van der Waals surface area contributed by atoms with Gasteiger partial charge in [0.2, 0.25) is 0 Å². The lowest BCUT2D eigenvalue weighted by molar-refractivity contribution is 0.0676. The van der Waals surface area contributed by atoms with Gasteiger partial charge >= 0.3 is 0 Å². The number of hydrogen-bond acceptors (Lipinski definition) is 1. The summed E-state index contributed by atoms with van der Waals surface area (Å²) in [6, 6.07) is 14.9. The maximum Gasteiger partial charge on any atom is 0.127 e. The predicted octanol–water partition coefficient (Wildman–Crippen LogP) is 5.43. The van der Waals surface area contributed by atoms with E-state index in [0.29, 0.717) is 17.9 Å². The molecule has 0 heterocycles. The molecule has 1 fully saturated rings. The highest BCUT2D eigenvalue weighted by atomic mass is 16.5. The highest BCUT2D eigenvalue weighted by Crippen LogP contribution is 2.35. The van der Waals surface area contributed by atoms with Crippen molar-refractivity contribution in [3.8, 4) is 5.75 Å². The maximum atomic E-state index is 6.44. The first kappa shape index (κ1) is 13.5. The topological polar surface area (TPSA) is 9.23 Å². The third-order valence-electron chi connectivity index (χ3n) is 4.64. The SMILES string of the molecule is CC(C)[C@@H]1CCCC[C@H]1Oc1cccc2ccccc12. The predicted molar refractivity (Wildman–Crippen MR) is 85.2 cm³/mol. The minimum Gasteiger partial charge on any atom is -0.489 e. The van der Waals surface area contributed by atoms with E-state index >= 15 is 0 Å². The van der Waals surface area contributed by atoms with Gasteiger partial charge in [0.15, 0.2) is 0 Å². The summed E-state index contributed by atoms with van der Waals surface area (Å²) in [7, 11) is 0. The second kappa shape index (κ2) is 5.87. The van der Waals surface area contributed by atoms with Crippen LogP contribution in [0.2, 0.25) is 0 Å². The van der Waals surface area contributed by atoms with E-state index in [-0.39, 0.29) is 0 Å². The summed E-state index contributed by atoms with van der Waals surface area (Å²) in [5.74, 6) is 2.46. The van der Waals surface area contributed by atoms with Gasteiger partial charge in [0.1, 0.15) is 11.9 Å². The van der Waals surface area contributed by atoms with Crippen LogP contribution in [0.1, 0.15) is 39.5 Å². The molecule has 0 saturated heterocycles. The summed E-state index contributed by atoms with van der Waals surface area (Å²) >= 11 is 0. The Kier molecular flexibility index (Phi) is 3.95. The summed E-state index contributed by atoms with van der Waals surface area (Å²) in [4.78, 5) is 0. The van der Waals surface area contributed by atoms with E-state index in [0.717, 1.165) is 5.75 Å². The van der Waals surface area contributed by atoms with Crippen LogP contribution in [0, 0.1) is 11.8 Å². The number of ether oxygens (including phenoxy) is 1. The molecule has 2 atom stereocenters. The van der Waals surface area contributed by atoms with Crippen LogP contribution in [0.25, 0.3) is 10.8 Å². The van der Waals surface area contributed by atoms with Crippen LogP contribution in [0.3, 0.4) is 0 Å². The fraction of sp³-hybridized carbons (Fsp3) is 0.474. The van der Waals surface area contributed by atoms with E-state index in [1.165, 1.54) is 36.5 Å². The molecule has 1 saturated carbocycles. The van der Waals surface area contributed by atoms with Gasteiger partial charge in [0.05, 0.1) is 0 Å². The molecule has 2 aromatic rings. The molecule has 0 bridgehead atoms. The van der Waals surface area contributed by atoms with Gasteiger partial charge in [0, 0.05) is 5.39 Å². The van der Waals surface area contributed by atoms with Gasteiger partial charge in [0.25, 0.3) is 0 Å². The van der Waals surface area contributed by atoms with Crippen LogP contribution in [-0.4, -0.2) is 6.10 Å². The molecule has 0 radical (unpaired) electrons. The molecule has 0 amide bonds. The Morgan fingerprint density at radius 2 is 1.70 bits per heavy atom. The lowest BCUT2D eigenvalue weighted by Gasteiger charge is -2.34. The van der Waals surface area contributed by atoms with Gasteiger partial charge in [-0.1, -0.05) is 56.7 Å². The molecule has 0 spiro atoms. The lowest BCUT2D eigenvalue weighted by atomic mass is 9.79. The van der Waals surface area contributed by atoms with Crippen LogP contribution in [0.5, 0.6) is 5.75 Å². The van der Waals surface area contributed by atoms with Crippen molar-refractivity contribution in [2.45, 2.75) is 45.6 Å². The molecule has 3 rings (SSSR count). The molecular weight excluding hydrogens is 244 g/mol. The quantitative estimate of drug-likeness (QED) is 0.721. The van der Waals surface area contributed by atoms with Crippen LogP contribution in [-0.2, 0) is 0 Å². The van der Waals surface area contributed by atoms with Gasteiger partial charge in [-0.25, -0.2) is 0 Å². The van der Waals surface area contributed by atoms with E-state index in [4.69, 9.17) is 4.74 Å². The molecule has 2 aromatic carbocycles. The largest absolute Gasteiger partial charge is 0.489 e. The van der Waals surface area contributed by atoms with Crippen molar-refractivity contribution >= 4 is 10.8 Å². The number of hydrogen-bond donors (Lipinski definition) is 0. The monoisotopic (exact) mass is 268 g/mol. The van der Waals surface area contributed by atoms with Gasteiger partial charge in [-0.3, -0.25) is 0 Å². The first-order valence-electron chi connectivity index (χ1n) is 7.90. The van der Waals surface area contributed by atoms with E-state index < -0.39 is 0 Å². The smallest absolute Gasteiger partial charge is 0.127 e. The van der Waals surface area contributed by atoms with E-state index in [9.17, 15) is 0 Å². The van der Waals surface area contributed by atoms with Crippen molar-refractivity contribution in [2.24, 2.45) is 11.8 Å². The van der Waals surface area contributed by atoms with Crippen LogP contribution < -0.4 is 4.74 Å². The van der Waals surface area contributed by atoms with Crippen molar-refractivity contribution in [1.82, 2.24) is 0 Å². The third-order valence-corrected chi connectivity index (χ3v) is 4.64. The molecule has 0 aromatic heterocycles. The average molecular weight is 268 g/mol. The molecule has 106 valence electrons. The number of benzene rings is 2. The van der Waals surface area contributed by atoms with E-state index in [1.54, 1.807) is 0 Å². The van der Waals surface area contributed by atoms with E-state index in [1.807, 2.05) is 0 Å². The van der Waals surface area contributed by atoms with Gasteiger partial charge in [-0.15, -0.1) is 0 Å². The number of fused-ring (bicyclic) bond motifs is 1. The molecule has 1 heteroatoms. The van der Waals surface area contributed by atoms with Gasteiger partial charge in [-0.05, 0) is 42.6 Å². The fourth-order valence-electron chi connectivity index (χ4n) is 3.50. The summed E-state index contributed by atoms with van der Waals surface area (Å²) in [5, 5.41) is 2.50. The Labute approximate surface area is 122 Å². The summed E-state index contributed by atoms with van der Waals surface area (Å²) in [6.45, 7) is 4.66. The summed E-state index contributed by atoms with van der Waals surface area (Å²) in [5.41, 5.74) is 0. The summed E-state index contributed by atoms with van der Waals surface area (Å²) < 4.78 is 6.44. The average Bonchev–Trinajstić information content (AvgIpc) is 2.48. The zero-order valence-corrected chi connectivity index (χ0v) is 12.5. The molecular formula is C19H24O. The van der Waals surface area contributed by atoms with Crippen molar-refractivity contribution in [3.63, 3.8) is 0 Å². The Balaban J connectivity index is 1.88. The van der Waals surface area contributed by atoms with Gasteiger partial charge in [-0.2, -0.15) is 0 Å².